The number of hydrogen-bond acceptors (Lipinski definition) is 4. The van der Waals surface area contributed by atoms with Crippen LogP contribution in [0.3, 0.4) is 0 Å². The van der Waals surface area contributed by atoms with Gasteiger partial charge in [0.2, 0.25) is 5.91 Å². The Morgan fingerprint density at radius 2 is 1.79 bits per heavy atom. The molecule has 0 fully saturated rings. The van der Waals surface area contributed by atoms with Gasteiger partial charge in [-0.3, -0.25) is 9.59 Å². The lowest BCUT2D eigenvalue weighted by Gasteiger charge is -2.14. The quantitative estimate of drug-likeness (QED) is 0.571. The normalized spacial score (nSPS) is 9.79. The smallest absolute Gasteiger partial charge is 0.376 e. The van der Waals surface area contributed by atoms with Gasteiger partial charge in [-0.05, 0) is 5.56 Å². The molecule has 5 nitrogen and oxygen atoms in total. The molecule has 1 amide bonds. The first-order chi connectivity index (χ1) is 9.04. The van der Waals surface area contributed by atoms with Gasteiger partial charge in [-0.2, -0.15) is 0 Å². The predicted molar refractivity (Wildman–Crippen MR) is 69.2 cm³/mol. The van der Waals surface area contributed by atoms with Crippen molar-refractivity contribution in [3.8, 4) is 0 Å². The molecule has 0 aliphatic rings. The summed E-state index contributed by atoms with van der Waals surface area (Å²) < 4.78 is 4.88. The Morgan fingerprint density at radius 1 is 1.16 bits per heavy atom. The lowest BCUT2D eigenvalue weighted by atomic mass is 10.2. The minimum absolute atomic E-state index is 0.0524. The van der Waals surface area contributed by atoms with Gasteiger partial charge < -0.3 is 9.64 Å². The van der Waals surface area contributed by atoms with Gasteiger partial charge in [0.05, 0.1) is 6.54 Å². The maximum Gasteiger partial charge on any atom is 0.376 e. The molecule has 0 saturated heterocycles. The third kappa shape index (κ3) is 4.91. The Morgan fingerprint density at radius 3 is 2.37 bits per heavy atom. The summed E-state index contributed by atoms with van der Waals surface area (Å²) in [6.45, 7) is 1.49. The van der Waals surface area contributed by atoms with Crippen molar-refractivity contribution in [2.24, 2.45) is 0 Å². The molecule has 0 radical (unpaired) electrons. The highest BCUT2D eigenvalue weighted by molar-refractivity contribution is 6.34. The van der Waals surface area contributed by atoms with Crippen molar-refractivity contribution >= 4 is 17.7 Å². The van der Waals surface area contributed by atoms with Gasteiger partial charge in [0.25, 0.3) is 5.78 Å². The Kier molecular flexibility index (Phi) is 5.73. The van der Waals surface area contributed by atoms with Crippen molar-refractivity contribution in [1.82, 2.24) is 4.90 Å². The highest BCUT2D eigenvalue weighted by Gasteiger charge is 2.19. The number of esters is 1. The van der Waals surface area contributed by atoms with Crippen LogP contribution in [-0.4, -0.2) is 36.2 Å². The zero-order valence-corrected chi connectivity index (χ0v) is 11.1. The maximum atomic E-state index is 11.5. The molecule has 1 rings (SSSR count). The van der Waals surface area contributed by atoms with E-state index in [0.29, 0.717) is 6.42 Å². The number of likely N-dealkylation sites (N-methyl/N-ethyl adjacent to an activating group) is 1. The predicted octanol–water partition coefficient (Wildman–Crippen LogP) is 1.17. The van der Waals surface area contributed by atoms with Crippen LogP contribution >= 0.6 is 0 Å². The Bertz CT molecular complexity index is 456. The molecule has 1 aromatic rings. The van der Waals surface area contributed by atoms with Gasteiger partial charge in [0.1, 0.15) is 6.61 Å². The average Bonchev–Trinajstić information content (AvgIpc) is 2.44. The number of benzene rings is 1. The molecule has 5 heteroatoms. The van der Waals surface area contributed by atoms with Crippen molar-refractivity contribution in [2.75, 3.05) is 13.6 Å². The van der Waals surface area contributed by atoms with Gasteiger partial charge in [-0.1, -0.05) is 37.3 Å². The van der Waals surface area contributed by atoms with Crippen LogP contribution in [0.1, 0.15) is 18.9 Å². The van der Waals surface area contributed by atoms with Crippen LogP contribution in [0.25, 0.3) is 0 Å². The molecule has 1 aromatic carbocycles. The molecule has 19 heavy (non-hydrogen) atoms. The number of hydrogen-bond donors (Lipinski definition) is 0. The summed E-state index contributed by atoms with van der Waals surface area (Å²) in [6, 6.07) is 9.08. The van der Waals surface area contributed by atoms with Crippen molar-refractivity contribution < 1.29 is 19.1 Å². The standard InChI is InChI=1S/C14H17NO4/c1-3-13(17)15(2)9-12(16)14(18)19-10-11-7-5-4-6-8-11/h4-8H,3,9-10H2,1-2H3. The van der Waals surface area contributed by atoms with Gasteiger partial charge in [-0.15, -0.1) is 0 Å². The van der Waals surface area contributed by atoms with Gasteiger partial charge >= 0.3 is 5.97 Å². The van der Waals surface area contributed by atoms with Crippen molar-refractivity contribution in [3.05, 3.63) is 35.9 Å². The molecular weight excluding hydrogens is 246 g/mol. The summed E-state index contributed by atoms with van der Waals surface area (Å²) in [4.78, 5) is 35.5. The number of ketones is 1. The highest BCUT2D eigenvalue weighted by Crippen LogP contribution is 2.01. The van der Waals surface area contributed by atoms with Crippen LogP contribution < -0.4 is 0 Å². The van der Waals surface area contributed by atoms with E-state index >= 15 is 0 Å². The van der Waals surface area contributed by atoms with Gasteiger partial charge in [-0.25, -0.2) is 4.79 Å². The maximum absolute atomic E-state index is 11.5. The van der Waals surface area contributed by atoms with E-state index in [1.54, 1.807) is 19.1 Å². The average molecular weight is 263 g/mol. The number of ether oxygens (including phenoxy) is 1. The fourth-order valence-electron chi connectivity index (χ4n) is 1.44. The fraction of sp³-hybridized carbons (Fsp3) is 0.357. The molecule has 0 atom stereocenters. The van der Waals surface area contributed by atoms with E-state index in [0.717, 1.165) is 5.56 Å². The number of rotatable bonds is 6. The third-order valence-electron chi connectivity index (χ3n) is 2.55. The zero-order valence-electron chi connectivity index (χ0n) is 11.1. The fourth-order valence-corrected chi connectivity index (χ4v) is 1.44. The lowest BCUT2D eigenvalue weighted by Crippen LogP contribution is -2.35. The number of nitrogens with zero attached hydrogens (tertiary/aromatic N) is 1. The second-order valence-electron chi connectivity index (χ2n) is 4.09. The summed E-state index contributed by atoms with van der Waals surface area (Å²) in [7, 11) is 1.48. The van der Waals surface area contributed by atoms with Gasteiger partial charge in [0.15, 0.2) is 0 Å². The van der Waals surface area contributed by atoms with E-state index in [9.17, 15) is 14.4 Å². The monoisotopic (exact) mass is 263 g/mol. The summed E-state index contributed by atoms with van der Waals surface area (Å²) in [6.07, 6.45) is 0.294. The van der Waals surface area contributed by atoms with E-state index < -0.39 is 11.8 Å². The first-order valence-corrected chi connectivity index (χ1v) is 6.02. The van der Waals surface area contributed by atoms with E-state index in [1.807, 2.05) is 18.2 Å². The summed E-state index contributed by atoms with van der Waals surface area (Å²) in [5, 5.41) is 0. The molecule has 0 N–H and O–H groups in total. The summed E-state index contributed by atoms with van der Waals surface area (Å²) >= 11 is 0. The number of Topliss-reactive ketones (excluding diaryl/α,β-unsaturated/α-hetero) is 1. The van der Waals surface area contributed by atoms with E-state index in [1.165, 1.54) is 11.9 Å². The first kappa shape index (κ1) is 14.9. The molecule has 102 valence electrons. The van der Waals surface area contributed by atoms with Crippen LogP contribution in [0.15, 0.2) is 30.3 Å². The largest absolute Gasteiger partial charge is 0.455 e. The van der Waals surface area contributed by atoms with Crippen LogP contribution in [0, 0.1) is 0 Å². The molecule has 0 aliphatic carbocycles. The Labute approximate surface area is 112 Å². The number of carbonyl (C=O) groups excluding carboxylic acids is 3. The van der Waals surface area contributed by atoms with Crippen LogP contribution in [0.2, 0.25) is 0 Å². The Hall–Kier alpha value is -2.17. The topological polar surface area (TPSA) is 63.7 Å². The molecule has 0 aliphatic heterocycles. The molecule has 0 aromatic heterocycles. The second kappa shape index (κ2) is 7.31. The second-order valence-corrected chi connectivity index (χ2v) is 4.09. The SMILES string of the molecule is CCC(=O)N(C)CC(=O)C(=O)OCc1ccccc1. The molecule has 0 bridgehead atoms. The van der Waals surface area contributed by atoms with Gasteiger partial charge in [0, 0.05) is 13.5 Å². The van der Waals surface area contributed by atoms with Crippen LogP contribution in [-0.2, 0) is 25.7 Å². The van der Waals surface area contributed by atoms with Crippen molar-refractivity contribution in [3.63, 3.8) is 0 Å². The molecule has 0 saturated carbocycles. The molecule has 0 spiro atoms. The Balaban J connectivity index is 2.41. The minimum atomic E-state index is -0.917. The molecular formula is C14H17NO4. The van der Waals surface area contributed by atoms with Crippen molar-refractivity contribution in [2.45, 2.75) is 20.0 Å². The molecule has 0 unspecified atom stereocenters. The number of carbonyl (C=O) groups is 3. The minimum Gasteiger partial charge on any atom is -0.455 e. The summed E-state index contributed by atoms with van der Waals surface area (Å²) in [5.41, 5.74) is 0.807. The van der Waals surface area contributed by atoms with E-state index in [4.69, 9.17) is 4.74 Å². The van der Waals surface area contributed by atoms with Crippen LogP contribution in [0.4, 0.5) is 0 Å². The zero-order chi connectivity index (χ0) is 14.3. The number of amides is 1. The van der Waals surface area contributed by atoms with Crippen molar-refractivity contribution in [1.29, 1.82) is 0 Å². The van der Waals surface area contributed by atoms with E-state index in [-0.39, 0.29) is 19.1 Å². The van der Waals surface area contributed by atoms with Crippen LogP contribution in [0.5, 0.6) is 0 Å². The van der Waals surface area contributed by atoms with E-state index in [2.05, 4.69) is 0 Å². The molecule has 0 heterocycles. The summed E-state index contributed by atoms with van der Waals surface area (Å²) in [5.74, 6) is -1.83. The third-order valence-corrected chi connectivity index (χ3v) is 2.55. The highest BCUT2D eigenvalue weighted by atomic mass is 16.5. The lowest BCUT2D eigenvalue weighted by molar-refractivity contribution is -0.155. The first-order valence-electron chi connectivity index (χ1n) is 6.02.